The minimum Gasteiger partial charge on any atom is -0.491 e. The molecule has 11 heteroatoms. The predicted octanol–water partition coefficient (Wildman–Crippen LogP) is 4.75. The summed E-state index contributed by atoms with van der Waals surface area (Å²) in [7, 11) is 0. The minimum atomic E-state index is -0.537. The van der Waals surface area contributed by atoms with Gasteiger partial charge in [-0.25, -0.2) is 9.59 Å². The zero-order chi connectivity index (χ0) is 27.8. The van der Waals surface area contributed by atoms with Crippen LogP contribution in [0.4, 0.5) is 15.3 Å². The molecule has 0 unspecified atom stereocenters. The van der Waals surface area contributed by atoms with E-state index in [-0.39, 0.29) is 36.6 Å². The number of aliphatic hydroxyl groups excluding tert-OH is 1. The molecule has 2 aliphatic heterocycles. The Morgan fingerprint density at radius 2 is 1.49 bits per heavy atom. The van der Waals surface area contributed by atoms with Crippen molar-refractivity contribution in [1.82, 2.24) is 9.80 Å². The topological polar surface area (TPSA) is 132 Å². The Labute approximate surface area is 218 Å². The van der Waals surface area contributed by atoms with E-state index in [2.05, 4.69) is 0 Å². The van der Waals surface area contributed by atoms with Gasteiger partial charge >= 0.3 is 12.2 Å². The van der Waals surface area contributed by atoms with Crippen LogP contribution in [0.25, 0.3) is 0 Å². The van der Waals surface area contributed by atoms with E-state index in [1.807, 2.05) is 41.5 Å². The van der Waals surface area contributed by atoms with Gasteiger partial charge in [-0.05, 0) is 73.3 Å². The van der Waals surface area contributed by atoms with Gasteiger partial charge in [-0.2, -0.15) is 0 Å². The summed E-state index contributed by atoms with van der Waals surface area (Å²) in [5.41, 5.74) is -1.01. The third-order valence-corrected chi connectivity index (χ3v) is 5.69. The Hall–Kier alpha value is -3.08. The van der Waals surface area contributed by atoms with Gasteiger partial charge in [0, 0.05) is 19.2 Å². The first kappa shape index (κ1) is 30.1. The third kappa shape index (κ3) is 10.1. The van der Waals surface area contributed by atoms with Gasteiger partial charge in [-0.15, -0.1) is 0 Å². The number of nitro benzene ring substituents is 1. The van der Waals surface area contributed by atoms with Gasteiger partial charge in [0.05, 0.1) is 29.7 Å². The molecular formula is C26H41N3O8. The molecule has 1 aromatic carbocycles. The van der Waals surface area contributed by atoms with Gasteiger partial charge < -0.3 is 29.1 Å². The summed E-state index contributed by atoms with van der Waals surface area (Å²) in [6.45, 7) is 12.7. The number of carbonyl (C=O) groups excluding carboxylic acids is 2. The molecule has 2 amide bonds. The second kappa shape index (κ2) is 12.9. The number of benzene rings is 1. The third-order valence-electron chi connectivity index (χ3n) is 5.69. The highest BCUT2D eigenvalue weighted by atomic mass is 16.6. The maximum Gasteiger partial charge on any atom is 0.410 e. The molecule has 1 N–H and O–H groups in total. The first-order valence-corrected chi connectivity index (χ1v) is 12.7. The number of hydrogen-bond acceptors (Lipinski definition) is 8. The number of amides is 2. The molecular weight excluding hydrogens is 482 g/mol. The molecule has 0 aliphatic carbocycles. The van der Waals surface area contributed by atoms with Crippen molar-refractivity contribution in [3.8, 4) is 5.75 Å². The molecule has 0 bridgehead atoms. The summed E-state index contributed by atoms with van der Waals surface area (Å²) in [5.74, 6) is 0.426. The number of likely N-dealkylation sites (tertiary alicyclic amines) is 2. The number of non-ortho nitro benzene ring substituents is 1. The quantitative estimate of drug-likeness (QED) is 0.432. The van der Waals surface area contributed by atoms with Crippen LogP contribution in [-0.4, -0.2) is 81.6 Å². The molecule has 208 valence electrons. The van der Waals surface area contributed by atoms with Crippen molar-refractivity contribution in [2.45, 2.75) is 90.5 Å². The molecule has 0 radical (unpaired) electrons. The average Bonchev–Trinajstić information content (AvgIpc) is 3.45. The molecule has 2 saturated heterocycles. The van der Waals surface area contributed by atoms with E-state index in [9.17, 15) is 19.7 Å². The van der Waals surface area contributed by atoms with E-state index in [0.717, 1.165) is 25.7 Å². The van der Waals surface area contributed by atoms with Crippen LogP contribution < -0.4 is 4.74 Å². The summed E-state index contributed by atoms with van der Waals surface area (Å²) >= 11 is 0. The summed E-state index contributed by atoms with van der Waals surface area (Å²) in [4.78, 5) is 37.4. The molecule has 3 rings (SSSR count). The van der Waals surface area contributed by atoms with Gasteiger partial charge in [0.1, 0.15) is 23.6 Å². The van der Waals surface area contributed by atoms with Crippen LogP contribution in [0.5, 0.6) is 5.75 Å². The Balaban J connectivity index is 0.000000294. The van der Waals surface area contributed by atoms with Gasteiger partial charge in [0.25, 0.3) is 5.69 Å². The summed E-state index contributed by atoms with van der Waals surface area (Å²) < 4.78 is 16.3. The number of nitro groups is 1. The second-order valence-corrected chi connectivity index (χ2v) is 11.2. The molecule has 1 aromatic rings. The second-order valence-electron chi connectivity index (χ2n) is 11.2. The molecule has 11 nitrogen and oxygen atoms in total. The van der Waals surface area contributed by atoms with Crippen LogP contribution in [0.3, 0.4) is 0 Å². The highest BCUT2D eigenvalue weighted by Gasteiger charge is 2.33. The normalized spacial score (nSPS) is 19.6. The first-order chi connectivity index (χ1) is 17.2. The number of aliphatic hydroxyl groups is 1. The largest absolute Gasteiger partial charge is 0.491 e. The highest BCUT2D eigenvalue weighted by Crippen LogP contribution is 2.24. The van der Waals surface area contributed by atoms with E-state index >= 15 is 0 Å². The maximum atomic E-state index is 12.2. The van der Waals surface area contributed by atoms with Crippen molar-refractivity contribution in [3.63, 3.8) is 0 Å². The molecule has 37 heavy (non-hydrogen) atoms. The van der Waals surface area contributed by atoms with Gasteiger partial charge in [0.2, 0.25) is 0 Å². The summed E-state index contributed by atoms with van der Waals surface area (Å²) in [6, 6.07) is 5.91. The van der Waals surface area contributed by atoms with Crippen LogP contribution in [-0.2, 0) is 9.47 Å². The molecule has 0 spiro atoms. The van der Waals surface area contributed by atoms with E-state index in [0.29, 0.717) is 25.4 Å². The van der Waals surface area contributed by atoms with Crippen molar-refractivity contribution in [2.75, 3.05) is 26.3 Å². The molecule has 2 heterocycles. The van der Waals surface area contributed by atoms with Crippen molar-refractivity contribution in [2.24, 2.45) is 0 Å². The number of carbonyl (C=O) groups is 2. The van der Waals surface area contributed by atoms with Crippen molar-refractivity contribution in [3.05, 3.63) is 34.4 Å². The fourth-order valence-electron chi connectivity index (χ4n) is 4.04. The van der Waals surface area contributed by atoms with Crippen molar-refractivity contribution >= 4 is 17.9 Å². The zero-order valence-corrected chi connectivity index (χ0v) is 22.8. The first-order valence-electron chi connectivity index (χ1n) is 12.7. The average molecular weight is 524 g/mol. The SMILES string of the molecule is CC(C)(C)OC(=O)N1CCC[C@H]1CO.CC(C)(C)OC(=O)N1CCC[C@H]1COc1cccc([N+](=O)[O-])c1. The van der Waals surface area contributed by atoms with E-state index in [1.165, 1.54) is 12.1 Å². The maximum absolute atomic E-state index is 12.2. The molecule has 2 aliphatic rings. The fourth-order valence-corrected chi connectivity index (χ4v) is 4.04. The standard InChI is InChI=1S/C16H22N2O5.C10H19NO3/c1-16(2,3)23-15(19)17-9-5-7-13(17)11-22-14-8-4-6-12(10-14)18(20)21;1-10(2,3)14-9(13)11-6-4-5-8(11)7-12/h4,6,8,10,13H,5,7,9,11H2,1-3H3;8,12H,4-7H2,1-3H3/t13-;8-/m00/s1. The van der Waals surface area contributed by atoms with E-state index in [1.54, 1.807) is 21.9 Å². The lowest BCUT2D eigenvalue weighted by atomic mass is 10.2. The van der Waals surface area contributed by atoms with Crippen LogP contribution >= 0.6 is 0 Å². The Morgan fingerprint density at radius 1 is 0.973 bits per heavy atom. The predicted molar refractivity (Wildman–Crippen MR) is 138 cm³/mol. The Bertz CT molecular complexity index is 925. The van der Waals surface area contributed by atoms with Gasteiger partial charge in [-0.3, -0.25) is 10.1 Å². The molecule has 0 aromatic heterocycles. The lowest BCUT2D eigenvalue weighted by Gasteiger charge is -2.28. The van der Waals surface area contributed by atoms with Crippen molar-refractivity contribution < 1.29 is 33.8 Å². The molecule has 0 saturated carbocycles. The van der Waals surface area contributed by atoms with E-state index in [4.69, 9.17) is 19.3 Å². The molecule has 2 atom stereocenters. The number of ether oxygens (including phenoxy) is 3. The number of nitrogens with zero attached hydrogens (tertiary/aromatic N) is 3. The zero-order valence-electron chi connectivity index (χ0n) is 22.8. The number of rotatable bonds is 5. The van der Waals surface area contributed by atoms with Gasteiger partial charge in [0.15, 0.2) is 0 Å². The summed E-state index contributed by atoms with van der Waals surface area (Å²) in [6.07, 6.45) is 2.88. The summed E-state index contributed by atoms with van der Waals surface area (Å²) in [5, 5.41) is 19.8. The fraction of sp³-hybridized carbons (Fsp3) is 0.692. The van der Waals surface area contributed by atoms with Crippen LogP contribution in [0.1, 0.15) is 67.2 Å². The smallest absolute Gasteiger partial charge is 0.410 e. The van der Waals surface area contributed by atoms with Crippen LogP contribution in [0, 0.1) is 10.1 Å². The lowest BCUT2D eigenvalue weighted by molar-refractivity contribution is -0.384. The monoisotopic (exact) mass is 523 g/mol. The van der Waals surface area contributed by atoms with Crippen LogP contribution in [0.15, 0.2) is 24.3 Å². The van der Waals surface area contributed by atoms with E-state index < -0.39 is 16.1 Å². The Kier molecular flexibility index (Phi) is 10.5. The van der Waals surface area contributed by atoms with Gasteiger partial charge in [-0.1, -0.05) is 6.07 Å². The van der Waals surface area contributed by atoms with Crippen molar-refractivity contribution in [1.29, 1.82) is 0 Å². The Morgan fingerprint density at radius 3 is 1.97 bits per heavy atom. The lowest BCUT2D eigenvalue weighted by Crippen LogP contribution is -2.42. The minimum absolute atomic E-state index is 0.0158. The molecule has 2 fully saturated rings. The highest BCUT2D eigenvalue weighted by molar-refractivity contribution is 5.69. The van der Waals surface area contributed by atoms with Crippen LogP contribution in [0.2, 0.25) is 0 Å². The number of hydrogen-bond donors (Lipinski definition) is 1.